The first-order chi connectivity index (χ1) is 6.38. The van der Waals surface area contributed by atoms with Gasteiger partial charge in [0.25, 0.3) is 5.95 Å². The molecule has 0 saturated carbocycles. The minimum atomic E-state index is -0.482. The second-order valence-electron chi connectivity index (χ2n) is 2.91. The average Bonchev–Trinajstić information content (AvgIpc) is 2.20. The van der Waals surface area contributed by atoms with Gasteiger partial charge in [0.05, 0.1) is 0 Å². The summed E-state index contributed by atoms with van der Waals surface area (Å²) in [6, 6.07) is 0. The molecule has 1 fully saturated rings. The van der Waals surface area contributed by atoms with Crippen LogP contribution in [-0.4, -0.2) is 36.1 Å². The molecule has 13 heavy (non-hydrogen) atoms. The van der Waals surface area contributed by atoms with Crippen LogP contribution in [0.3, 0.4) is 0 Å². The Morgan fingerprint density at radius 3 is 2.62 bits per heavy atom. The summed E-state index contributed by atoms with van der Waals surface area (Å²) < 4.78 is 13.1. The van der Waals surface area contributed by atoms with Crippen molar-refractivity contribution in [2.24, 2.45) is 0 Å². The molecule has 1 aromatic rings. The number of anilines is 1. The van der Waals surface area contributed by atoms with Crippen molar-refractivity contribution in [2.45, 2.75) is 0 Å². The van der Waals surface area contributed by atoms with Crippen LogP contribution in [-0.2, 0) is 0 Å². The van der Waals surface area contributed by atoms with Gasteiger partial charge in [-0.2, -0.15) is 4.39 Å². The molecule has 0 radical (unpaired) electrons. The molecule has 0 spiro atoms. The highest BCUT2D eigenvalue weighted by atomic mass is 19.1. The van der Waals surface area contributed by atoms with E-state index in [0.717, 1.165) is 26.2 Å². The van der Waals surface area contributed by atoms with E-state index in [9.17, 15) is 4.39 Å². The third kappa shape index (κ3) is 1.75. The second-order valence-corrected chi connectivity index (χ2v) is 2.91. The number of piperazine rings is 1. The Bertz CT molecular complexity index is 285. The van der Waals surface area contributed by atoms with Crippen molar-refractivity contribution in [1.29, 1.82) is 0 Å². The van der Waals surface area contributed by atoms with Crippen molar-refractivity contribution < 1.29 is 4.39 Å². The Morgan fingerprint density at radius 2 is 1.92 bits per heavy atom. The Labute approximate surface area is 75.8 Å². The van der Waals surface area contributed by atoms with E-state index >= 15 is 0 Å². The van der Waals surface area contributed by atoms with E-state index in [-0.39, 0.29) is 0 Å². The Balaban J connectivity index is 2.18. The molecule has 1 aliphatic rings. The molecule has 5 heteroatoms. The molecular weight excluding hydrogens is 171 g/mol. The van der Waals surface area contributed by atoms with Crippen LogP contribution in [0.15, 0.2) is 12.4 Å². The molecule has 0 aliphatic carbocycles. The van der Waals surface area contributed by atoms with E-state index in [1.165, 1.54) is 12.4 Å². The third-order valence-corrected chi connectivity index (χ3v) is 2.05. The SMILES string of the molecule is Fc1nccnc1N1CCNCC1. The van der Waals surface area contributed by atoms with Crippen molar-refractivity contribution >= 4 is 5.82 Å². The van der Waals surface area contributed by atoms with Gasteiger partial charge in [0.2, 0.25) is 0 Å². The first-order valence-electron chi connectivity index (χ1n) is 4.30. The van der Waals surface area contributed by atoms with Crippen LogP contribution in [0.1, 0.15) is 0 Å². The van der Waals surface area contributed by atoms with Crippen LogP contribution >= 0.6 is 0 Å². The number of rotatable bonds is 1. The Hall–Kier alpha value is -1.23. The molecular formula is C8H11FN4. The highest BCUT2D eigenvalue weighted by Crippen LogP contribution is 2.12. The van der Waals surface area contributed by atoms with Crippen LogP contribution in [0.5, 0.6) is 0 Å². The van der Waals surface area contributed by atoms with Gasteiger partial charge in [0.15, 0.2) is 5.82 Å². The van der Waals surface area contributed by atoms with Crippen LogP contribution in [0.2, 0.25) is 0 Å². The van der Waals surface area contributed by atoms with Crippen molar-refractivity contribution in [3.63, 3.8) is 0 Å². The summed E-state index contributed by atoms with van der Waals surface area (Å²) in [5.74, 6) is -0.117. The number of hydrogen-bond acceptors (Lipinski definition) is 4. The van der Waals surface area contributed by atoms with Crippen molar-refractivity contribution in [2.75, 3.05) is 31.1 Å². The van der Waals surface area contributed by atoms with E-state index in [4.69, 9.17) is 0 Å². The first-order valence-corrected chi connectivity index (χ1v) is 4.30. The highest BCUT2D eigenvalue weighted by molar-refractivity contribution is 5.37. The number of nitrogens with one attached hydrogen (secondary N) is 1. The fourth-order valence-corrected chi connectivity index (χ4v) is 1.40. The monoisotopic (exact) mass is 182 g/mol. The molecule has 2 rings (SSSR count). The summed E-state index contributed by atoms with van der Waals surface area (Å²) in [4.78, 5) is 9.43. The van der Waals surface area contributed by atoms with E-state index < -0.39 is 5.95 Å². The van der Waals surface area contributed by atoms with Gasteiger partial charge in [-0.1, -0.05) is 0 Å². The standard InChI is InChI=1S/C8H11FN4/c9-7-8(12-2-1-11-7)13-5-3-10-4-6-13/h1-2,10H,3-6H2. The molecule has 0 aromatic carbocycles. The molecule has 1 aromatic heterocycles. The molecule has 4 nitrogen and oxygen atoms in total. The maximum atomic E-state index is 13.1. The minimum absolute atomic E-state index is 0.365. The van der Waals surface area contributed by atoms with Crippen LogP contribution in [0.4, 0.5) is 10.2 Å². The lowest BCUT2D eigenvalue weighted by molar-refractivity contribution is 0.539. The molecule has 1 N–H and O–H groups in total. The maximum absolute atomic E-state index is 13.1. The fraction of sp³-hybridized carbons (Fsp3) is 0.500. The van der Waals surface area contributed by atoms with E-state index in [1.807, 2.05) is 4.90 Å². The highest BCUT2D eigenvalue weighted by Gasteiger charge is 2.15. The third-order valence-electron chi connectivity index (χ3n) is 2.05. The summed E-state index contributed by atoms with van der Waals surface area (Å²) >= 11 is 0. The molecule has 0 amide bonds. The summed E-state index contributed by atoms with van der Waals surface area (Å²) in [6.07, 6.45) is 2.88. The molecule has 1 saturated heterocycles. The summed E-state index contributed by atoms with van der Waals surface area (Å²) in [6.45, 7) is 3.32. The number of nitrogens with zero attached hydrogens (tertiary/aromatic N) is 3. The van der Waals surface area contributed by atoms with Crippen molar-refractivity contribution in [3.05, 3.63) is 18.3 Å². The van der Waals surface area contributed by atoms with Gasteiger partial charge in [-0.25, -0.2) is 9.97 Å². The van der Waals surface area contributed by atoms with Gasteiger partial charge in [-0.3, -0.25) is 0 Å². The number of hydrogen-bond donors (Lipinski definition) is 1. The van der Waals surface area contributed by atoms with Crippen molar-refractivity contribution in [1.82, 2.24) is 15.3 Å². The fourth-order valence-electron chi connectivity index (χ4n) is 1.40. The minimum Gasteiger partial charge on any atom is -0.350 e. The maximum Gasteiger partial charge on any atom is 0.255 e. The Kier molecular flexibility index (Phi) is 2.35. The van der Waals surface area contributed by atoms with Gasteiger partial charge in [0, 0.05) is 38.6 Å². The zero-order valence-corrected chi connectivity index (χ0v) is 7.20. The smallest absolute Gasteiger partial charge is 0.255 e. The van der Waals surface area contributed by atoms with Gasteiger partial charge in [-0.05, 0) is 0 Å². The van der Waals surface area contributed by atoms with Gasteiger partial charge in [-0.15, -0.1) is 0 Å². The molecule has 0 unspecified atom stereocenters. The number of aromatic nitrogens is 2. The molecule has 70 valence electrons. The lowest BCUT2D eigenvalue weighted by Crippen LogP contribution is -2.44. The first kappa shape index (κ1) is 8.37. The zero-order valence-electron chi connectivity index (χ0n) is 7.20. The molecule has 1 aliphatic heterocycles. The van der Waals surface area contributed by atoms with Crippen LogP contribution in [0.25, 0.3) is 0 Å². The summed E-state index contributed by atoms with van der Waals surface area (Å²) in [5.41, 5.74) is 0. The van der Waals surface area contributed by atoms with Gasteiger partial charge < -0.3 is 10.2 Å². The van der Waals surface area contributed by atoms with Gasteiger partial charge in [0.1, 0.15) is 0 Å². The largest absolute Gasteiger partial charge is 0.350 e. The normalized spacial score (nSPS) is 17.5. The van der Waals surface area contributed by atoms with Crippen LogP contribution < -0.4 is 10.2 Å². The number of halogens is 1. The predicted octanol–water partition coefficient (Wildman–Crippen LogP) is 0.0253. The Morgan fingerprint density at radius 1 is 1.23 bits per heavy atom. The second kappa shape index (κ2) is 3.66. The lowest BCUT2D eigenvalue weighted by atomic mass is 10.3. The summed E-state index contributed by atoms with van der Waals surface area (Å²) in [5, 5.41) is 3.19. The zero-order chi connectivity index (χ0) is 9.10. The predicted molar refractivity (Wildman–Crippen MR) is 47.1 cm³/mol. The van der Waals surface area contributed by atoms with E-state index in [2.05, 4.69) is 15.3 Å². The lowest BCUT2D eigenvalue weighted by Gasteiger charge is -2.27. The van der Waals surface area contributed by atoms with E-state index in [1.54, 1.807) is 0 Å². The topological polar surface area (TPSA) is 41.1 Å². The van der Waals surface area contributed by atoms with E-state index in [0.29, 0.717) is 5.82 Å². The van der Waals surface area contributed by atoms with Crippen LogP contribution in [0, 0.1) is 5.95 Å². The van der Waals surface area contributed by atoms with Crippen molar-refractivity contribution in [3.8, 4) is 0 Å². The molecule has 0 bridgehead atoms. The van der Waals surface area contributed by atoms with Gasteiger partial charge >= 0.3 is 0 Å². The summed E-state index contributed by atoms with van der Waals surface area (Å²) in [7, 11) is 0. The quantitative estimate of drug-likeness (QED) is 0.665. The average molecular weight is 182 g/mol. The molecule has 0 atom stereocenters. The molecule has 2 heterocycles.